The maximum Gasteiger partial charge on any atom is 0.295 e. The van der Waals surface area contributed by atoms with Crippen LogP contribution in [-0.2, 0) is 16.0 Å². The average Bonchev–Trinajstić information content (AvgIpc) is 3.17. The molecule has 3 aromatic carbocycles. The number of amides is 1. The Bertz CT molecular complexity index is 1310. The lowest BCUT2D eigenvalue weighted by molar-refractivity contribution is -0.139. The van der Waals surface area contributed by atoms with Gasteiger partial charge in [-0.1, -0.05) is 48.0 Å². The van der Waals surface area contributed by atoms with Gasteiger partial charge in [-0.2, -0.15) is 0 Å². The summed E-state index contributed by atoms with van der Waals surface area (Å²) in [5.41, 5.74) is 3.21. The van der Waals surface area contributed by atoms with Gasteiger partial charge in [-0.25, -0.2) is 0 Å². The van der Waals surface area contributed by atoms with Crippen LogP contribution in [0.2, 0.25) is 0 Å². The SMILES string of the molecule is CCOc1ccc(C2/C(=C(/O)c3ccc(C)cc3)C(=O)C(=O)N2CCc2ccc(OC)c(OC)c2)cc1. The van der Waals surface area contributed by atoms with Crippen molar-refractivity contribution in [3.05, 3.63) is 94.6 Å². The molecule has 0 spiro atoms. The number of nitrogens with zero attached hydrogens (tertiary/aromatic N) is 1. The first kappa shape index (κ1) is 25.8. The molecule has 4 rings (SSSR count). The number of likely N-dealkylation sites (tertiary alicyclic amines) is 1. The normalized spacial score (nSPS) is 16.6. The molecule has 192 valence electrons. The fourth-order valence-corrected chi connectivity index (χ4v) is 4.52. The molecule has 0 aromatic heterocycles. The van der Waals surface area contributed by atoms with Crippen LogP contribution in [0, 0.1) is 6.92 Å². The van der Waals surface area contributed by atoms with Gasteiger partial charge < -0.3 is 24.2 Å². The molecule has 1 aliphatic heterocycles. The minimum absolute atomic E-state index is 0.0744. The highest BCUT2D eigenvalue weighted by Crippen LogP contribution is 2.40. The van der Waals surface area contributed by atoms with Crippen LogP contribution in [0.5, 0.6) is 17.2 Å². The third-order valence-electron chi connectivity index (χ3n) is 6.46. The van der Waals surface area contributed by atoms with Crippen molar-refractivity contribution in [3.8, 4) is 17.2 Å². The molecule has 0 saturated carbocycles. The Morgan fingerprint density at radius 1 is 0.919 bits per heavy atom. The largest absolute Gasteiger partial charge is 0.507 e. The molecule has 1 N–H and O–H groups in total. The number of hydrogen-bond donors (Lipinski definition) is 1. The lowest BCUT2D eigenvalue weighted by atomic mass is 9.95. The number of ketones is 1. The van der Waals surface area contributed by atoms with Gasteiger partial charge in [0, 0.05) is 12.1 Å². The first-order valence-electron chi connectivity index (χ1n) is 12.2. The van der Waals surface area contributed by atoms with Crippen LogP contribution in [0.15, 0.2) is 72.3 Å². The van der Waals surface area contributed by atoms with Gasteiger partial charge in [-0.15, -0.1) is 0 Å². The van der Waals surface area contributed by atoms with Gasteiger partial charge in [0.05, 0.1) is 32.4 Å². The quantitative estimate of drug-likeness (QED) is 0.250. The van der Waals surface area contributed by atoms with E-state index in [4.69, 9.17) is 14.2 Å². The van der Waals surface area contributed by atoms with E-state index < -0.39 is 17.7 Å². The summed E-state index contributed by atoms with van der Waals surface area (Å²) in [7, 11) is 3.14. The molecule has 0 bridgehead atoms. The summed E-state index contributed by atoms with van der Waals surface area (Å²) >= 11 is 0. The number of benzene rings is 3. The highest BCUT2D eigenvalue weighted by Gasteiger charge is 2.45. The van der Waals surface area contributed by atoms with Gasteiger partial charge in [0.1, 0.15) is 11.5 Å². The second-order valence-electron chi connectivity index (χ2n) is 8.80. The smallest absolute Gasteiger partial charge is 0.295 e. The van der Waals surface area contributed by atoms with Crippen molar-refractivity contribution in [1.82, 2.24) is 4.90 Å². The topological polar surface area (TPSA) is 85.3 Å². The number of methoxy groups -OCH3 is 2. The third kappa shape index (κ3) is 5.31. The highest BCUT2D eigenvalue weighted by atomic mass is 16.5. The fraction of sp³-hybridized carbons (Fsp3) is 0.267. The predicted molar refractivity (Wildman–Crippen MR) is 141 cm³/mol. The molecule has 1 fully saturated rings. The molecule has 1 unspecified atom stereocenters. The van der Waals surface area contributed by atoms with Crippen LogP contribution in [-0.4, -0.2) is 49.1 Å². The van der Waals surface area contributed by atoms with E-state index in [0.717, 1.165) is 11.1 Å². The maximum absolute atomic E-state index is 13.3. The Balaban J connectivity index is 1.73. The Hall–Kier alpha value is -4.26. The van der Waals surface area contributed by atoms with E-state index in [0.29, 0.717) is 41.4 Å². The summed E-state index contributed by atoms with van der Waals surface area (Å²) in [5, 5.41) is 11.2. The lowest BCUT2D eigenvalue weighted by Gasteiger charge is -2.25. The van der Waals surface area contributed by atoms with Crippen LogP contribution in [0.3, 0.4) is 0 Å². The summed E-state index contributed by atoms with van der Waals surface area (Å²) in [4.78, 5) is 28.1. The third-order valence-corrected chi connectivity index (χ3v) is 6.46. The minimum atomic E-state index is -0.739. The number of carbonyl (C=O) groups excluding carboxylic acids is 2. The first-order valence-corrected chi connectivity index (χ1v) is 12.2. The van der Waals surface area contributed by atoms with Gasteiger partial charge in [0.2, 0.25) is 0 Å². The van der Waals surface area contributed by atoms with E-state index in [1.54, 1.807) is 38.5 Å². The molecule has 1 saturated heterocycles. The van der Waals surface area contributed by atoms with E-state index >= 15 is 0 Å². The van der Waals surface area contributed by atoms with Crippen molar-refractivity contribution in [2.75, 3.05) is 27.4 Å². The van der Waals surface area contributed by atoms with Gasteiger partial charge in [-0.3, -0.25) is 9.59 Å². The van der Waals surface area contributed by atoms with Crippen LogP contribution in [0.4, 0.5) is 0 Å². The van der Waals surface area contributed by atoms with Crippen molar-refractivity contribution in [1.29, 1.82) is 0 Å². The monoisotopic (exact) mass is 501 g/mol. The molecule has 0 radical (unpaired) electrons. The average molecular weight is 502 g/mol. The highest BCUT2D eigenvalue weighted by molar-refractivity contribution is 6.46. The van der Waals surface area contributed by atoms with Crippen molar-refractivity contribution in [2.24, 2.45) is 0 Å². The van der Waals surface area contributed by atoms with Crippen LogP contribution in [0.1, 0.15) is 35.2 Å². The van der Waals surface area contributed by atoms with Crippen molar-refractivity contribution in [2.45, 2.75) is 26.3 Å². The number of aliphatic hydroxyl groups is 1. The Kier molecular flexibility index (Phi) is 7.82. The zero-order valence-electron chi connectivity index (χ0n) is 21.5. The zero-order chi connectivity index (χ0) is 26.5. The Labute approximate surface area is 216 Å². The summed E-state index contributed by atoms with van der Waals surface area (Å²) in [6.07, 6.45) is 0.478. The molecule has 7 heteroatoms. The number of Topliss-reactive ketones (excluding diaryl/α,β-unsaturated/α-hetero) is 1. The van der Waals surface area contributed by atoms with E-state index in [1.807, 2.05) is 56.3 Å². The minimum Gasteiger partial charge on any atom is -0.507 e. The van der Waals surface area contributed by atoms with Crippen LogP contribution < -0.4 is 14.2 Å². The number of hydrogen-bond acceptors (Lipinski definition) is 6. The first-order chi connectivity index (χ1) is 17.9. The Morgan fingerprint density at radius 3 is 2.22 bits per heavy atom. The second kappa shape index (κ2) is 11.2. The zero-order valence-corrected chi connectivity index (χ0v) is 21.5. The molecule has 0 aliphatic carbocycles. The number of rotatable bonds is 9. The number of carbonyl (C=O) groups is 2. The van der Waals surface area contributed by atoms with Gasteiger partial charge in [0.15, 0.2) is 11.5 Å². The fourth-order valence-electron chi connectivity index (χ4n) is 4.52. The summed E-state index contributed by atoms with van der Waals surface area (Å²) in [6, 6.07) is 19.3. The number of aryl methyl sites for hydroxylation is 1. The predicted octanol–water partition coefficient (Wildman–Crippen LogP) is 5.08. The summed E-state index contributed by atoms with van der Waals surface area (Å²) < 4.78 is 16.3. The molecule has 1 amide bonds. The molecule has 37 heavy (non-hydrogen) atoms. The maximum atomic E-state index is 13.3. The summed E-state index contributed by atoms with van der Waals surface area (Å²) in [6.45, 7) is 4.63. The number of ether oxygens (including phenoxy) is 3. The molecule has 3 aromatic rings. The molecule has 1 aliphatic rings. The van der Waals surface area contributed by atoms with Crippen LogP contribution >= 0.6 is 0 Å². The standard InChI is InChI=1S/C30H31NO6/c1-5-37-23-13-11-21(12-14-23)27-26(28(32)22-9-6-19(2)7-10-22)29(33)30(34)31(27)17-16-20-8-15-24(35-3)25(18-20)36-4/h6-15,18,27,32H,5,16-17H2,1-4H3/b28-26-. The second-order valence-corrected chi connectivity index (χ2v) is 8.80. The number of aliphatic hydroxyl groups excluding tert-OH is 1. The molecule has 1 heterocycles. The molecule has 7 nitrogen and oxygen atoms in total. The van der Waals surface area contributed by atoms with Crippen molar-refractivity contribution in [3.63, 3.8) is 0 Å². The van der Waals surface area contributed by atoms with E-state index in [9.17, 15) is 14.7 Å². The van der Waals surface area contributed by atoms with E-state index in [-0.39, 0.29) is 17.9 Å². The van der Waals surface area contributed by atoms with E-state index in [1.165, 1.54) is 4.90 Å². The van der Waals surface area contributed by atoms with Crippen molar-refractivity contribution >= 4 is 17.4 Å². The molecular weight excluding hydrogens is 470 g/mol. The van der Waals surface area contributed by atoms with Crippen LogP contribution in [0.25, 0.3) is 5.76 Å². The lowest BCUT2D eigenvalue weighted by Crippen LogP contribution is -2.31. The van der Waals surface area contributed by atoms with Gasteiger partial charge >= 0.3 is 0 Å². The van der Waals surface area contributed by atoms with Crippen molar-refractivity contribution < 1.29 is 28.9 Å². The van der Waals surface area contributed by atoms with Gasteiger partial charge in [-0.05, 0) is 55.7 Å². The Morgan fingerprint density at radius 2 is 1.59 bits per heavy atom. The van der Waals surface area contributed by atoms with E-state index in [2.05, 4.69) is 0 Å². The molecule has 1 atom stereocenters. The summed E-state index contributed by atoms with van der Waals surface area (Å²) in [5.74, 6) is 0.346. The van der Waals surface area contributed by atoms with Gasteiger partial charge in [0.25, 0.3) is 11.7 Å². The molecular formula is C30H31NO6.